The van der Waals surface area contributed by atoms with Gasteiger partial charge in [0.15, 0.2) is 11.6 Å². The number of aromatic nitrogens is 2. The lowest BCUT2D eigenvalue weighted by atomic mass is 10.1. The van der Waals surface area contributed by atoms with Crippen LogP contribution in [0, 0.1) is 5.82 Å². The number of hydrogen-bond donors (Lipinski definition) is 1. The van der Waals surface area contributed by atoms with Crippen molar-refractivity contribution in [3.05, 3.63) is 52.1 Å². The molecule has 0 fully saturated rings. The van der Waals surface area contributed by atoms with Crippen LogP contribution < -0.4 is 5.32 Å². The van der Waals surface area contributed by atoms with E-state index in [2.05, 4.69) is 15.3 Å². The third-order valence-corrected chi connectivity index (χ3v) is 2.87. The van der Waals surface area contributed by atoms with Crippen molar-refractivity contribution >= 4 is 29.0 Å². The molecule has 1 aromatic carbocycles. The Kier molecular flexibility index (Phi) is 3.99. The number of nitrogens with zero attached hydrogens (tertiary/aromatic N) is 2. The van der Waals surface area contributed by atoms with E-state index in [1.165, 1.54) is 0 Å². The molecule has 0 bridgehead atoms. The molecule has 0 saturated carbocycles. The van der Waals surface area contributed by atoms with E-state index < -0.39 is 5.82 Å². The predicted octanol–water partition coefficient (Wildman–Crippen LogP) is 4.10. The summed E-state index contributed by atoms with van der Waals surface area (Å²) in [6, 6.07) is 7.15. The van der Waals surface area contributed by atoms with Crippen molar-refractivity contribution in [2.45, 2.75) is 13.0 Å². The van der Waals surface area contributed by atoms with Crippen LogP contribution in [0.25, 0.3) is 0 Å². The minimum absolute atomic E-state index is 0.00204. The molecule has 1 atom stereocenters. The molecule has 1 heterocycles. The molecule has 1 unspecified atom stereocenters. The zero-order valence-corrected chi connectivity index (χ0v) is 11.0. The maximum atomic E-state index is 13.4. The Hall–Kier alpha value is -1.39. The highest BCUT2D eigenvalue weighted by atomic mass is 35.5. The summed E-state index contributed by atoms with van der Waals surface area (Å²) in [5.41, 5.74) is 0.966. The van der Waals surface area contributed by atoms with E-state index in [1.807, 2.05) is 19.1 Å². The van der Waals surface area contributed by atoms with Crippen LogP contribution in [0.1, 0.15) is 18.5 Å². The van der Waals surface area contributed by atoms with Gasteiger partial charge in [0.25, 0.3) is 0 Å². The van der Waals surface area contributed by atoms with E-state index in [0.717, 1.165) is 11.8 Å². The number of anilines is 1. The molecule has 0 spiro atoms. The molecule has 6 heteroatoms. The Bertz CT molecular complexity index is 546. The van der Waals surface area contributed by atoms with Gasteiger partial charge in [-0.25, -0.2) is 9.37 Å². The van der Waals surface area contributed by atoms with Crippen LogP contribution in [-0.2, 0) is 0 Å². The first-order valence-corrected chi connectivity index (χ1v) is 6.02. The summed E-state index contributed by atoms with van der Waals surface area (Å²) < 4.78 is 13.4. The molecule has 18 heavy (non-hydrogen) atoms. The lowest BCUT2D eigenvalue weighted by Gasteiger charge is -2.15. The van der Waals surface area contributed by atoms with Crippen LogP contribution in [0.4, 0.5) is 10.2 Å². The molecule has 94 valence electrons. The standard InChI is InChI=1S/C12H10Cl2FN3/c1-7(8-2-4-9(13)5-3-8)17-11-10(15)6-16-12(14)18-11/h2-7H,1H3,(H,16,17,18). The van der Waals surface area contributed by atoms with Crippen LogP contribution >= 0.6 is 23.2 Å². The first kappa shape index (κ1) is 13.1. The molecule has 2 rings (SSSR count). The molecule has 3 nitrogen and oxygen atoms in total. The molecule has 2 aromatic rings. The van der Waals surface area contributed by atoms with E-state index >= 15 is 0 Å². The molecule has 0 aliphatic rings. The Morgan fingerprint density at radius 2 is 1.89 bits per heavy atom. The van der Waals surface area contributed by atoms with Crippen molar-refractivity contribution in [1.82, 2.24) is 9.97 Å². The van der Waals surface area contributed by atoms with E-state index in [9.17, 15) is 4.39 Å². The van der Waals surface area contributed by atoms with Gasteiger partial charge >= 0.3 is 0 Å². The number of benzene rings is 1. The average molecular weight is 286 g/mol. The first-order valence-electron chi connectivity index (χ1n) is 5.26. The zero-order valence-electron chi connectivity index (χ0n) is 9.49. The summed E-state index contributed by atoms with van der Waals surface area (Å²) in [4.78, 5) is 7.35. The van der Waals surface area contributed by atoms with Crippen molar-refractivity contribution in [2.24, 2.45) is 0 Å². The van der Waals surface area contributed by atoms with Gasteiger partial charge < -0.3 is 5.32 Å². The molecule has 0 amide bonds. The third kappa shape index (κ3) is 3.09. The van der Waals surface area contributed by atoms with Gasteiger partial charge in [-0.05, 0) is 36.2 Å². The molecular formula is C12H10Cl2FN3. The third-order valence-electron chi connectivity index (χ3n) is 2.44. The number of halogens is 3. The highest BCUT2D eigenvalue weighted by Crippen LogP contribution is 2.21. The van der Waals surface area contributed by atoms with Gasteiger partial charge in [0.05, 0.1) is 12.2 Å². The fourth-order valence-electron chi connectivity index (χ4n) is 1.49. The van der Waals surface area contributed by atoms with Crippen molar-refractivity contribution in [2.75, 3.05) is 5.32 Å². The molecule has 0 saturated heterocycles. The van der Waals surface area contributed by atoms with Gasteiger partial charge in [-0.1, -0.05) is 23.7 Å². The number of rotatable bonds is 3. The number of nitrogens with one attached hydrogen (secondary N) is 1. The topological polar surface area (TPSA) is 37.8 Å². The summed E-state index contributed by atoms with van der Waals surface area (Å²) in [6.45, 7) is 1.89. The van der Waals surface area contributed by atoms with E-state index in [1.54, 1.807) is 12.1 Å². The van der Waals surface area contributed by atoms with Crippen LogP contribution in [0.3, 0.4) is 0 Å². The van der Waals surface area contributed by atoms with E-state index in [-0.39, 0.29) is 17.1 Å². The smallest absolute Gasteiger partial charge is 0.224 e. The fraction of sp³-hybridized carbons (Fsp3) is 0.167. The second-order valence-corrected chi connectivity index (χ2v) is 4.53. The van der Waals surface area contributed by atoms with Crippen molar-refractivity contribution in [1.29, 1.82) is 0 Å². The van der Waals surface area contributed by atoms with E-state index in [4.69, 9.17) is 23.2 Å². The Balaban J connectivity index is 2.18. The summed E-state index contributed by atoms with van der Waals surface area (Å²) in [7, 11) is 0. The highest BCUT2D eigenvalue weighted by molar-refractivity contribution is 6.30. The molecule has 0 aliphatic carbocycles. The SMILES string of the molecule is CC(Nc1nc(Cl)ncc1F)c1ccc(Cl)cc1. The maximum Gasteiger partial charge on any atom is 0.224 e. The monoisotopic (exact) mass is 285 g/mol. The Morgan fingerprint density at radius 1 is 1.22 bits per heavy atom. The average Bonchev–Trinajstić information content (AvgIpc) is 2.34. The highest BCUT2D eigenvalue weighted by Gasteiger charge is 2.10. The quantitative estimate of drug-likeness (QED) is 0.863. The molecular weight excluding hydrogens is 276 g/mol. The summed E-state index contributed by atoms with van der Waals surface area (Å²) >= 11 is 11.4. The lowest BCUT2D eigenvalue weighted by Crippen LogP contribution is -2.10. The van der Waals surface area contributed by atoms with Crippen LogP contribution in [0.15, 0.2) is 30.5 Å². The molecule has 0 radical (unpaired) electrons. The minimum Gasteiger partial charge on any atom is -0.361 e. The van der Waals surface area contributed by atoms with Gasteiger partial charge in [0.2, 0.25) is 5.28 Å². The van der Waals surface area contributed by atoms with Gasteiger partial charge in [0.1, 0.15) is 0 Å². The largest absolute Gasteiger partial charge is 0.361 e. The van der Waals surface area contributed by atoms with Gasteiger partial charge in [-0.2, -0.15) is 4.98 Å². The maximum absolute atomic E-state index is 13.4. The second kappa shape index (κ2) is 5.50. The first-order chi connectivity index (χ1) is 8.56. The van der Waals surface area contributed by atoms with Crippen LogP contribution in [0.5, 0.6) is 0 Å². The van der Waals surface area contributed by atoms with Crippen molar-refractivity contribution in [3.8, 4) is 0 Å². The van der Waals surface area contributed by atoms with E-state index in [0.29, 0.717) is 5.02 Å². The Labute approximate surface area is 114 Å². The van der Waals surface area contributed by atoms with Crippen molar-refractivity contribution in [3.63, 3.8) is 0 Å². The minimum atomic E-state index is -0.541. The lowest BCUT2D eigenvalue weighted by molar-refractivity contribution is 0.613. The Morgan fingerprint density at radius 3 is 2.56 bits per heavy atom. The van der Waals surface area contributed by atoms with Crippen molar-refractivity contribution < 1.29 is 4.39 Å². The summed E-state index contributed by atoms with van der Waals surface area (Å²) in [5.74, 6) is -0.460. The van der Waals surface area contributed by atoms with Crippen LogP contribution in [0.2, 0.25) is 10.3 Å². The molecule has 1 N–H and O–H groups in total. The molecule has 1 aromatic heterocycles. The predicted molar refractivity (Wildman–Crippen MR) is 70.5 cm³/mol. The normalized spacial score (nSPS) is 12.2. The second-order valence-electron chi connectivity index (χ2n) is 3.75. The summed E-state index contributed by atoms with van der Waals surface area (Å²) in [6.07, 6.45) is 1.03. The zero-order chi connectivity index (χ0) is 13.1. The summed E-state index contributed by atoms with van der Waals surface area (Å²) in [5, 5.41) is 3.59. The van der Waals surface area contributed by atoms with Gasteiger partial charge in [-0.3, -0.25) is 0 Å². The molecule has 0 aliphatic heterocycles. The van der Waals surface area contributed by atoms with Gasteiger partial charge in [0, 0.05) is 5.02 Å². The van der Waals surface area contributed by atoms with Gasteiger partial charge in [-0.15, -0.1) is 0 Å². The number of hydrogen-bond acceptors (Lipinski definition) is 3. The van der Waals surface area contributed by atoms with Crippen LogP contribution in [-0.4, -0.2) is 9.97 Å². The fourth-order valence-corrected chi connectivity index (χ4v) is 1.75.